The van der Waals surface area contributed by atoms with Gasteiger partial charge in [0.1, 0.15) is 0 Å². The summed E-state index contributed by atoms with van der Waals surface area (Å²) in [5.74, 6) is 1.11. The maximum Gasteiger partial charge on any atom is 0.272 e. The third kappa shape index (κ3) is 3.67. The van der Waals surface area contributed by atoms with E-state index in [1.54, 1.807) is 27.2 Å². The molecule has 0 atom stereocenters. The number of carbonyl (C=O) groups excluding carboxylic acids is 1. The summed E-state index contributed by atoms with van der Waals surface area (Å²) >= 11 is 0. The number of carbonyl (C=O) groups is 1. The van der Waals surface area contributed by atoms with Gasteiger partial charge in [0.15, 0.2) is 17.3 Å². The number of ketones is 1. The van der Waals surface area contributed by atoms with Gasteiger partial charge in [0.05, 0.1) is 31.3 Å². The zero-order valence-corrected chi connectivity index (χ0v) is 15.4. The van der Waals surface area contributed by atoms with Gasteiger partial charge in [0.2, 0.25) is 0 Å². The minimum atomic E-state index is -0.454. The molecule has 7 nitrogen and oxygen atoms in total. The quantitative estimate of drug-likeness (QED) is 0.442. The van der Waals surface area contributed by atoms with Crippen molar-refractivity contribution in [3.63, 3.8) is 0 Å². The predicted molar refractivity (Wildman–Crippen MR) is 101 cm³/mol. The third-order valence-corrected chi connectivity index (χ3v) is 4.65. The molecule has 0 saturated heterocycles. The summed E-state index contributed by atoms with van der Waals surface area (Å²) < 4.78 is 10.7. The maximum atomic E-state index is 12.7. The van der Waals surface area contributed by atoms with Gasteiger partial charge >= 0.3 is 0 Å². The molecule has 0 aromatic heterocycles. The summed E-state index contributed by atoms with van der Waals surface area (Å²) in [5.41, 5.74) is 3.54. The topological polar surface area (TPSA) is 91.0 Å². The Morgan fingerprint density at radius 2 is 1.89 bits per heavy atom. The van der Waals surface area contributed by atoms with Crippen LogP contribution in [-0.4, -0.2) is 37.2 Å². The van der Waals surface area contributed by atoms with Gasteiger partial charge < -0.3 is 9.47 Å². The molecule has 2 aromatic rings. The van der Waals surface area contributed by atoms with Crippen LogP contribution in [0, 0.1) is 17.0 Å². The van der Waals surface area contributed by atoms with Crippen LogP contribution >= 0.6 is 0 Å². The fraction of sp³-hybridized carbons (Fsp3) is 0.300. The highest BCUT2D eigenvalue weighted by molar-refractivity contribution is 6.17. The molecule has 0 radical (unpaired) electrons. The first-order valence-electron chi connectivity index (χ1n) is 8.51. The first kappa shape index (κ1) is 18.6. The van der Waals surface area contributed by atoms with Gasteiger partial charge in [-0.25, -0.2) is 0 Å². The van der Waals surface area contributed by atoms with Crippen LogP contribution in [0.3, 0.4) is 0 Å². The SMILES string of the molecule is COc1cc2c(cc1OC)C(CC(=O)c1ccc([N+](=O)[O-])c(C)c1)=NCC2. The summed E-state index contributed by atoms with van der Waals surface area (Å²) in [6, 6.07) is 8.18. The average molecular weight is 368 g/mol. The number of nitro benzene ring substituents is 1. The number of fused-ring (bicyclic) bond motifs is 1. The number of rotatable bonds is 6. The van der Waals surface area contributed by atoms with E-state index in [1.165, 1.54) is 12.1 Å². The second kappa shape index (κ2) is 7.57. The minimum Gasteiger partial charge on any atom is -0.493 e. The van der Waals surface area contributed by atoms with Crippen LogP contribution in [-0.2, 0) is 6.42 Å². The molecule has 0 aliphatic carbocycles. The van der Waals surface area contributed by atoms with E-state index in [9.17, 15) is 14.9 Å². The smallest absolute Gasteiger partial charge is 0.272 e. The molecule has 0 fully saturated rings. The number of ether oxygens (including phenoxy) is 2. The highest BCUT2D eigenvalue weighted by atomic mass is 16.6. The summed E-state index contributed by atoms with van der Waals surface area (Å²) in [5, 5.41) is 10.9. The van der Waals surface area contributed by atoms with E-state index in [1.807, 2.05) is 12.1 Å². The molecule has 1 aliphatic heterocycles. The van der Waals surface area contributed by atoms with Gasteiger partial charge in [-0.1, -0.05) is 0 Å². The van der Waals surface area contributed by atoms with Crippen molar-refractivity contribution in [1.82, 2.24) is 0 Å². The Hall–Kier alpha value is -3.22. The summed E-state index contributed by atoms with van der Waals surface area (Å²) in [6.07, 6.45) is 0.893. The number of Topliss-reactive ketones (excluding diaryl/α,β-unsaturated/α-hetero) is 1. The van der Waals surface area contributed by atoms with Crippen LogP contribution in [0.4, 0.5) is 5.69 Å². The Balaban J connectivity index is 1.89. The Morgan fingerprint density at radius 1 is 1.19 bits per heavy atom. The van der Waals surface area contributed by atoms with E-state index >= 15 is 0 Å². The molecule has 1 heterocycles. The van der Waals surface area contributed by atoms with Crippen molar-refractivity contribution in [2.75, 3.05) is 20.8 Å². The molecular weight excluding hydrogens is 348 g/mol. The lowest BCUT2D eigenvalue weighted by Gasteiger charge is -2.19. The van der Waals surface area contributed by atoms with Gasteiger partial charge in [0.25, 0.3) is 5.69 Å². The van der Waals surface area contributed by atoms with E-state index in [4.69, 9.17) is 9.47 Å². The monoisotopic (exact) mass is 368 g/mol. The maximum absolute atomic E-state index is 12.7. The number of aryl methyl sites for hydroxylation is 1. The standard InChI is InChI=1S/C20H20N2O5/c1-12-8-14(4-5-17(12)22(24)25)18(23)11-16-15-10-20(27-3)19(26-2)9-13(15)6-7-21-16/h4-5,8-10H,6-7,11H2,1-3H3. The van der Waals surface area contributed by atoms with Crippen LogP contribution in [0.2, 0.25) is 0 Å². The summed E-state index contributed by atoms with van der Waals surface area (Å²) in [7, 11) is 3.15. The molecule has 0 bridgehead atoms. The molecule has 0 unspecified atom stereocenters. The van der Waals surface area contributed by atoms with Crippen LogP contribution in [0.5, 0.6) is 11.5 Å². The number of hydrogen-bond acceptors (Lipinski definition) is 6. The van der Waals surface area contributed by atoms with E-state index < -0.39 is 4.92 Å². The normalized spacial score (nSPS) is 12.8. The average Bonchev–Trinajstić information content (AvgIpc) is 2.66. The molecule has 7 heteroatoms. The lowest BCUT2D eigenvalue weighted by Crippen LogP contribution is -2.17. The highest BCUT2D eigenvalue weighted by Crippen LogP contribution is 2.33. The molecule has 27 heavy (non-hydrogen) atoms. The first-order chi connectivity index (χ1) is 12.9. The number of benzene rings is 2. The van der Waals surface area contributed by atoms with Crippen molar-refractivity contribution in [2.45, 2.75) is 19.8 Å². The molecule has 2 aromatic carbocycles. The molecular formula is C20H20N2O5. The fourth-order valence-electron chi connectivity index (χ4n) is 3.23. The van der Waals surface area contributed by atoms with E-state index in [-0.39, 0.29) is 17.9 Å². The lowest BCUT2D eigenvalue weighted by molar-refractivity contribution is -0.385. The van der Waals surface area contributed by atoms with E-state index in [2.05, 4.69) is 4.99 Å². The van der Waals surface area contributed by atoms with Crippen LogP contribution in [0.1, 0.15) is 33.5 Å². The Morgan fingerprint density at radius 3 is 2.52 bits per heavy atom. The van der Waals surface area contributed by atoms with Gasteiger partial charge in [-0.05, 0) is 43.2 Å². The Kier molecular flexibility index (Phi) is 5.21. The third-order valence-electron chi connectivity index (χ3n) is 4.65. The van der Waals surface area contributed by atoms with Gasteiger partial charge in [-0.3, -0.25) is 19.9 Å². The highest BCUT2D eigenvalue weighted by Gasteiger charge is 2.22. The summed E-state index contributed by atoms with van der Waals surface area (Å²) in [4.78, 5) is 27.7. The molecule has 0 saturated carbocycles. The molecule has 140 valence electrons. The molecule has 1 aliphatic rings. The number of methoxy groups -OCH3 is 2. The number of nitro groups is 1. The molecule has 3 rings (SSSR count). The largest absolute Gasteiger partial charge is 0.493 e. The Labute approximate surface area is 156 Å². The Bertz CT molecular complexity index is 950. The zero-order chi connectivity index (χ0) is 19.6. The van der Waals surface area contributed by atoms with Crippen molar-refractivity contribution in [1.29, 1.82) is 0 Å². The second-order valence-corrected chi connectivity index (χ2v) is 6.30. The summed E-state index contributed by atoms with van der Waals surface area (Å²) in [6.45, 7) is 2.23. The van der Waals surface area contributed by atoms with Crippen molar-refractivity contribution in [3.05, 3.63) is 62.7 Å². The van der Waals surface area contributed by atoms with Gasteiger partial charge in [-0.15, -0.1) is 0 Å². The van der Waals surface area contributed by atoms with Crippen molar-refractivity contribution in [3.8, 4) is 11.5 Å². The molecule has 0 N–H and O–H groups in total. The number of hydrogen-bond donors (Lipinski definition) is 0. The van der Waals surface area contributed by atoms with E-state index in [0.29, 0.717) is 34.9 Å². The van der Waals surface area contributed by atoms with Gasteiger partial charge in [0, 0.05) is 29.3 Å². The van der Waals surface area contributed by atoms with Crippen molar-refractivity contribution in [2.24, 2.45) is 4.99 Å². The van der Waals surface area contributed by atoms with Crippen LogP contribution < -0.4 is 9.47 Å². The number of aliphatic imine (C=N–C) groups is 1. The van der Waals surface area contributed by atoms with Crippen LogP contribution in [0.15, 0.2) is 35.3 Å². The zero-order valence-electron chi connectivity index (χ0n) is 15.4. The molecule has 0 amide bonds. The van der Waals surface area contributed by atoms with E-state index in [0.717, 1.165) is 17.5 Å². The van der Waals surface area contributed by atoms with Gasteiger partial charge in [-0.2, -0.15) is 0 Å². The fourth-order valence-corrected chi connectivity index (χ4v) is 3.23. The second-order valence-electron chi connectivity index (χ2n) is 6.30. The van der Waals surface area contributed by atoms with Crippen LogP contribution in [0.25, 0.3) is 0 Å². The molecule has 0 spiro atoms. The van der Waals surface area contributed by atoms with Crippen molar-refractivity contribution < 1.29 is 19.2 Å². The predicted octanol–water partition coefficient (Wildman–Crippen LogP) is 3.54. The number of nitrogens with zero attached hydrogens (tertiary/aromatic N) is 2. The lowest BCUT2D eigenvalue weighted by atomic mass is 9.92. The minimum absolute atomic E-state index is 0.00346. The van der Waals surface area contributed by atoms with Crippen molar-refractivity contribution >= 4 is 17.2 Å². The first-order valence-corrected chi connectivity index (χ1v) is 8.51.